The van der Waals surface area contributed by atoms with E-state index in [0.717, 1.165) is 26.2 Å². The number of rotatable bonds is 5. The van der Waals surface area contributed by atoms with Crippen molar-refractivity contribution < 1.29 is 0 Å². The smallest absolute Gasteiger partial charge is 0.0843 e. The third kappa shape index (κ3) is 4.30. The molecule has 102 valence electrons. The lowest BCUT2D eigenvalue weighted by Crippen LogP contribution is -2.22. The van der Waals surface area contributed by atoms with Crippen LogP contribution in [0.15, 0.2) is 38.6 Å². The highest BCUT2D eigenvalue weighted by Crippen LogP contribution is 2.36. The van der Waals surface area contributed by atoms with Crippen LogP contribution in [0.1, 0.15) is 23.4 Å². The second-order valence-electron chi connectivity index (χ2n) is 4.21. The highest BCUT2D eigenvalue weighted by atomic mass is 79.9. The lowest BCUT2D eigenvalue weighted by Gasteiger charge is -2.16. The summed E-state index contributed by atoms with van der Waals surface area (Å²) in [4.78, 5) is 1.33. The van der Waals surface area contributed by atoms with Crippen LogP contribution >= 0.6 is 54.8 Å². The van der Waals surface area contributed by atoms with Gasteiger partial charge in [0, 0.05) is 20.4 Å². The molecule has 0 saturated heterocycles. The van der Waals surface area contributed by atoms with Gasteiger partial charge < -0.3 is 5.32 Å². The van der Waals surface area contributed by atoms with E-state index < -0.39 is 0 Å². The molecule has 0 saturated carbocycles. The van der Waals surface area contributed by atoms with Gasteiger partial charge in [0.2, 0.25) is 0 Å². The van der Waals surface area contributed by atoms with E-state index in [1.54, 1.807) is 11.3 Å². The van der Waals surface area contributed by atoms with Crippen LogP contribution in [-0.2, 0) is 6.42 Å². The molecular weight excluding hydrogens is 409 g/mol. The fourth-order valence-corrected chi connectivity index (χ4v) is 4.20. The molecule has 1 aromatic heterocycles. The molecule has 0 aliphatic heterocycles. The standard InChI is InChI=1S/C14H14Br2ClNS/c1-2-18-12(13-8-11(15)14(16)19-13)7-9-3-5-10(17)6-4-9/h3-6,8,12,18H,2,7H2,1H3. The van der Waals surface area contributed by atoms with Gasteiger partial charge >= 0.3 is 0 Å². The van der Waals surface area contributed by atoms with E-state index in [0.29, 0.717) is 6.04 Å². The molecule has 1 N–H and O–H groups in total. The van der Waals surface area contributed by atoms with Crippen LogP contribution in [0.3, 0.4) is 0 Å². The molecule has 0 radical (unpaired) electrons. The summed E-state index contributed by atoms with van der Waals surface area (Å²) in [5.74, 6) is 0. The summed E-state index contributed by atoms with van der Waals surface area (Å²) in [6.07, 6.45) is 0.963. The van der Waals surface area contributed by atoms with E-state index in [4.69, 9.17) is 11.6 Å². The van der Waals surface area contributed by atoms with Gasteiger partial charge in [-0.05, 0) is 68.6 Å². The van der Waals surface area contributed by atoms with Gasteiger partial charge in [0.15, 0.2) is 0 Å². The van der Waals surface area contributed by atoms with Crippen molar-refractivity contribution in [2.75, 3.05) is 6.54 Å². The minimum absolute atomic E-state index is 0.332. The van der Waals surface area contributed by atoms with Gasteiger partial charge in [0.05, 0.1) is 3.79 Å². The topological polar surface area (TPSA) is 12.0 Å². The predicted molar refractivity (Wildman–Crippen MR) is 91.3 cm³/mol. The normalized spacial score (nSPS) is 12.6. The second-order valence-corrected chi connectivity index (χ2v) is 7.90. The fourth-order valence-electron chi connectivity index (χ4n) is 1.91. The summed E-state index contributed by atoms with van der Waals surface area (Å²) in [6, 6.07) is 10.6. The molecule has 0 bridgehead atoms. The van der Waals surface area contributed by atoms with Crippen molar-refractivity contribution in [3.05, 3.63) is 54.1 Å². The molecule has 1 unspecified atom stereocenters. The zero-order chi connectivity index (χ0) is 13.8. The van der Waals surface area contributed by atoms with Crippen molar-refractivity contribution in [2.45, 2.75) is 19.4 Å². The first-order valence-corrected chi connectivity index (χ1v) is 8.80. The Bertz CT molecular complexity index is 519. The first-order valence-electron chi connectivity index (χ1n) is 6.02. The monoisotopic (exact) mass is 421 g/mol. The molecule has 0 spiro atoms. The summed E-state index contributed by atoms with van der Waals surface area (Å²) in [5.41, 5.74) is 1.29. The highest BCUT2D eigenvalue weighted by molar-refractivity contribution is 9.13. The largest absolute Gasteiger partial charge is 0.309 e. The second kappa shape index (κ2) is 7.23. The van der Waals surface area contributed by atoms with Crippen LogP contribution in [0.2, 0.25) is 5.02 Å². The van der Waals surface area contributed by atoms with Crippen molar-refractivity contribution in [3.8, 4) is 0 Å². The summed E-state index contributed by atoms with van der Waals surface area (Å²) in [5, 5.41) is 4.32. The van der Waals surface area contributed by atoms with Gasteiger partial charge in [-0.15, -0.1) is 11.3 Å². The average Bonchev–Trinajstić information content (AvgIpc) is 2.72. The molecule has 2 aromatic rings. The zero-order valence-corrected chi connectivity index (χ0v) is 15.2. The highest BCUT2D eigenvalue weighted by Gasteiger charge is 2.15. The molecule has 2 rings (SSSR count). The summed E-state index contributed by atoms with van der Waals surface area (Å²) < 4.78 is 2.26. The van der Waals surface area contributed by atoms with E-state index in [-0.39, 0.29) is 0 Å². The summed E-state index contributed by atoms with van der Waals surface area (Å²) >= 11 is 14.8. The van der Waals surface area contributed by atoms with Gasteiger partial charge in [-0.25, -0.2) is 0 Å². The Morgan fingerprint density at radius 3 is 2.47 bits per heavy atom. The minimum atomic E-state index is 0.332. The number of likely N-dealkylation sites (N-methyl/N-ethyl adjacent to an activating group) is 1. The Kier molecular flexibility index (Phi) is 5.90. The molecule has 1 aromatic carbocycles. The van der Waals surface area contributed by atoms with Crippen LogP contribution < -0.4 is 5.32 Å². The number of hydrogen-bond donors (Lipinski definition) is 1. The van der Waals surface area contributed by atoms with Crippen molar-refractivity contribution >= 4 is 54.8 Å². The van der Waals surface area contributed by atoms with Gasteiger partial charge in [0.25, 0.3) is 0 Å². The van der Waals surface area contributed by atoms with Crippen molar-refractivity contribution in [3.63, 3.8) is 0 Å². The number of thiophene rings is 1. The Balaban J connectivity index is 2.18. The van der Waals surface area contributed by atoms with E-state index in [2.05, 4.69) is 62.3 Å². The first kappa shape index (κ1) is 15.5. The molecule has 5 heteroatoms. The molecule has 0 aliphatic carbocycles. The van der Waals surface area contributed by atoms with Gasteiger partial charge in [-0.2, -0.15) is 0 Å². The van der Waals surface area contributed by atoms with E-state index in [1.807, 2.05) is 12.1 Å². The lowest BCUT2D eigenvalue weighted by molar-refractivity contribution is 0.558. The Morgan fingerprint density at radius 1 is 1.26 bits per heavy atom. The zero-order valence-electron chi connectivity index (χ0n) is 10.4. The van der Waals surface area contributed by atoms with Crippen LogP contribution in [-0.4, -0.2) is 6.54 Å². The molecular formula is C14H14Br2ClNS. The molecule has 19 heavy (non-hydrogen) atoms. The third-order valence-electron chi connectivity index (χ3n) is 2.81. The number of benzene rings is 1. The molecule has 0 fully saturated rings. The number of halogens is 3. The van der Waals surface area contributed by atoms with Crippen LogP contribution in [0.5, 0.6) is 0 Å². The SMILES string of the molecule is CCNC(Cc1ccc(Cl)cc1)c1cc(Br)c(Br)s1. The Hall–Kier alpha value is 0.130. The van der Waals surface area contributed by atoms with Crippen LogP contribution in [0, 0.1) is 0 Å². The quantitative estimate of drug-likeness (QED) is 0.639. The minimum Gasteiger partial charge on any atom is -0.309 e. The fraction of sp³-hybridized carbons (Fsp3) is 0.286. The maximum Gasteiger partial charge on any atom is 0.0843 e. The van der Waals surface area contributed by atoms with Crippen LogP contribution in [0.25, 0.3) is 0 Å². The first-order chi connectivity index (χ1) is 9.10. The van der Waals surface area contributed by atoms with Gasteiger partial charge in [0.1, 0.15) is 0 Å². The van der Waals surface area contributed by atoms with Crippen LogP contribution in [0.4, 0.5) is 0 Å². The molecule has 1 nitrogen and oxygen atoms in total. The van der Waals surface area contributed by atoms with Crippen molar-refractivity contribution in [1.82, 2.24) is 5.32 Å². The molecule has 1 heterocycles. The number of nitrogens with one attached hydrogen (secondary N) is 1. The Morgan fingerprint density at radius 2 is 1.95 bits per heavy atom. The van der Waals surface area contributed by atoms with E-state index in [1.165, 1.54) is 10.4 Å². The maximum absolute atomic E-state index is 5.92. The van der Waals surface area contributed by atoms with E-state index >= 15 is 0 Å². The average molecular weight is 424 g/mol. The van der Waals surface area contributed by atoms with Crippen molar-refractivity contribution in [2.24, 2.45) is 0 Å². The lowest BCUT2D eigenvalue weighted by atomic mass is 10.0. The molecule has 0 aliphatic rings. The molecule has 0 amide bonds. The van der Waals surface area contributed by atoms with E-state index in [9.17, 15) is 0 Å². The molecule has 1 atom stereocenters. The van der Waals surface area contributed by atoms with Crippen molar-refractivity contribution in [1.29, 1.82) is 0 Å². The summed E-state index contributed by atoms with van der Waals surface area (Å²) in [7, 11) is 0. The Labute approximate surface area is 139 Å². The number of hydrogen-bond acceptors (Lipinski definition) is 2. The summed E-state index contributed by atoms with van der Waals surface area (Å²) in [6.45, 7) is 3.08. The van der Waals surface area contributed by atoms with Gasteiger partial charge in [-0.3, -0.25) is 0 Å². The third-order valence-corrected chi connectivity index (χ3v) is 6.43. The predicted octanol–water partition coefficient (Wildman–Crippen LogP) is 5.82. The maximum atomic E-state index is 5.92. The van der Waals surface area contributed by atoms with Gasteiger partial charge in [-0.1, -0.05) is 30.7 Å².